The van der Waals surface area contributed by atoms with Crippen molar-refractivity contribution in [3.05, 3.63) is 76.2 Å². The molecule has 0 aliphatic heterocycles. The van der Waals surface area contributed by atoms with Gasteiger partial charge in [0.1, 0.15) is 11.6 Å². The van der Waals surface area contributed by atoms with Gasteiger partial charge in [-0.2, -0.15) is 4.98 Å². The van der Waals surface area contributed by atoms with Crippen LogP contribution in [-0.2, 0) is 12.2 Å². The Kier molecular flexibility index (Phi) is 5.63. The molecule has 0 aliphatic carbocycles. The van der Waals surface area contributed by atoms with Crippen LogP contribution in [-0.4, -0.2) is 19.7 Å². The van der Waals surface area contributed by atoms with E-state index in [0.717, 1.165) is 16.7 Å². The minimum absolute atomic E-state index is 0.0734. The molecule has 0 N–H and O–H groups in total. The van der Waals surface area contributed by atoms with Crippen molar-refractivity contribution in [3.8, 4) is 5.69 Å². The van der Waals surface area contributed by atoms with Gasteiger partial charge in [-0.15, -0.1) is 0 Å². The lowest BCUT2D eigenvalue weighted by Gasteiger charge is -2.13. The van der Waals surface area contributed by atoms with Gasteiger partial charge >= 0.3 is 0 Å². The number of para-hydroxylation sites is 1. The normalized spacial score (nSPS) is 11.5. The summed E-state index contributed by atoms with van der Waals surface area (Å²) in [4.78, 5) is 22.0. The average molecular weight is 428 g/mol. The van der Waals surface area contributed by atoms with Crippen molar-refractivity contribution in [3.63, 3.8) is 0 Å². The van der Waals surface area contributed by atoms with Gasteiger partial charge in [0.25, 0.3) is 5.56 Å². The maximum Gasteiger partial charge on any atom is 0.266 e. The fourth-order valence-electron chi connectivity index (χ4n) is 2.99. The van der Waals surface area contributed by atoms with Gasteiger partial charge in [-0.05, 0) is 30.2 Å². The highest BCUT2D eigenvalue weighted by molar-refractivity contribution is 7.98. The second-order valence-electron chi connectivity index (χ2n) is 7.14. The van der Waals surface area contributed by atoms with Crippen LogP contribution in [0.15, 0.2) is 56.9 Å². The molecule has 0 saturated carbocycles. The van der Waals surface area contributed by atoms with E-state index in [9.17, 15) is 13.6 Å². The second-order valence-corrected chi connectivity index (χ2v) is 8.08. The lowest BCUT2D eigenvalue weighted by atomic mass is 10.1. The highest BCUT2D eigenvalue weighted by Gasteiger charge is 2.18. The second kappa shape index (κ2) is 8.35. The van der Waals surface area contributed by atoms with Gasteiger partial charge in [-0.3, -0.25) is 9.36 Å². The Morgan fingerprint density at radius 2 is 1.93 bits per heavy atom. The van der Waals surface area contributed by atoms with Crippen LogP contribution < -0.4 is 5.56 Å². The Balaban J connectivity index is 1.76. The molecule has 154 valence electrons. The zero-order valence-electron chi connectivity index (χ0n) is 16.3. The first-order valence-electron chi connectivity index (χ1n) is 9.34. The molecule has 2 aromatic heterocycles. The zero-order valence-corrected chi connectivity index (χ0v) is 17.1. The van der Waals surface area contributed by atoms with E-state index < -0.39 is 17.2 Å². The SMILES string of the molecule is CC(C)Cc1nc(CSc2nc3ccccc3c(=O)n2-c2ccc(F)cc2F)no1. The molecular weight excluding hydrogens is 410 g/mol. The molecule has 6 nitrogen and oxygen atoms in total. The zero-order chi connectivity index (χ0) is 21.3. The van der Waals surface area contributed by atoms with Crippen molar-refractivity contribution in [2.75, 3.05) is 0 Å². The summed E-state index contributed by atoms with van der Waals surface area (Å²) < 4.78 is 34.3. The monoisotopic (exact) mass is 428 g/mol. The van der Waals surface area contributed by atoms with E-state index in [-0.39, 0.29) is 16.6 Å². The molecule has 0 spiro atoms. The Bertz CT molecular complexity index is 1270. The molecular formula is C21H18F2N4O2S. The summed E-state index contributed by atoms with van der Waals surface area (Å²) in [6, 6.07) is 9.87. The van der Waals surface area contributed by atoms with Crippen LogP contribution in [0.25, 0.3) is 16.6 Å². The van der Waals surface area contributed by atoms with Crippen LogP contribution in [0.4, 0.5) is 8.78 Å². The third-order valence-corrected chi connectivity index (χ3v) is 5.25. The molecule has 0 bridgehead atoms. The van der Waals surface area contributed by atoms with Crippen LogP contribution in [0.3, 0.4) is 0 Å². The number of hydrogen-bond donors (Lipinski definition) is 0. The molecule has 2 aromatic carbocycles. The standard InChI is InChI=1S/C21H18F2N4O2S/c1-12(2)9-19-25-18(26-29-19)11-30-21-24-16-6-4-3-5-14(16)20(28)27(21)17-8-7-13(22)10-15(17)23/h3-8,10,12H,9,11H2,1-2H3. The van der Waals surface area contributed by atoms with Crippen molar-refractivity contribution in [2.24, 2.45) is 5.92 Å². The Labute approximate surface area is 175 Å². The van der Waals surface area contributed by atoms with E-state index in [0.29, 0.717) is 35.0 Å². The number of thioether (sulfide) groups is 1. The van der Waals surface area contributed by atoms with Crippen LogP contribution in [0.5, 0.6) is 0 Å². The van der Waals surface area contributed by atoms with Gasteiger partial charge in [0, 0.05) is 12.5 Å². The third kappa shape index (κ3) is 4.11. The highest BCUT2D eigenvalue weighted by atomic mass is 32.2. The summed E-state index contributed by atoms with van der Waals surface area (Å²) in [6.07, 6.45) is 0.664. The molecule has 0 aliphatic rings. The Morgan fingerprint density at radius 1 is 1.13 bits per heavy atom. The minimum Gasteiger partial charge on any atom is -0.339 e. The number of halogens is 2. The first-order valence-corrected chi connectivity index (χ1v) is 10.3. The molecule has 2 heterocycles. The fraction of sp³-hybridized carbons (Fsp3) is 0.238. The predicted octanol–water partition coefficient (Wildman–Crippen LogP) is 4.54. The van der Waals surface area contributed by atoms with Crippen LogP contribution >= 0.6 is 11.8 Å². The van der Waals surface area contributed by atoms with Gasteiger partial charge in [-0.1, -0.05) is 42.9 Å². The van der Waals surface area contributed by atoms with Crippen molar-refractivity contribution >= 4 is 22.7 Å². The molecule has 4 rings (SSSR count). The van der Waals surface area contributed by atoms with E-state index in [4.69, 9.17) is 4.52 Å². The largest absolute Gasteiger partial charge is 0.339 e. The van der Waals surface area contributed by atoms with Gasteiger partial charge in [-0.25, -0.2) is 13.8 Å². The number of fused-ring (bicyclic) bond motifs is 1. The first kappa shape index (κ1) is 20.2. The Morgan fingerprint density at radius 3 is 2.70 bits per heavy atom. The predicted molar refractivity (Wildman–Crippen MR) is 110 cm³/mol. The molecule has 0 amide bonds. The maximum atomic E-state index is 14.5. The molecule has 4 aromatic rings. The topological polar surface area (TPSA) is 73.8 Å². The quantitative estimate of drug-likeness (QED) is 0.332. The van der Waals surface area contributed by atoms with Crippen molar-refractivity contribution in [2.45, 2.75) is 31.2 Å². The molecule has 0 unspecified atom stereocenters. The molecule has 30 heavy (non-hydrogen) atoms. The van der Waals surface area contributed by atoms with Crippen LogP contribution in [0, 0.1) is 17.6 Å². The van der Waals surface area contributed by atoms with Crippen LogP contribution in [0.1, 0.15) is 25.6 Å². The molecule has 0 fully saturated rings. The van der Waals surface area contributed by atoms with Gasteiger partial charge < -0.3 is 4.52 Å². The van der Waals surface area contributed by atoms with Crippen molar-refractivity contribution in [1.29, 1.82) is 0 Å². The first-order chi connectivity index (χ1) is 14.4. The highest BCUT2D eigenvalue weighted by Crippen LogP contribution is 2.25. The molecule has 0 saturated heterocycles. The van der Waals surface area contributed by atoms with Gasteiger partial charge in [0.05, 0.1) is 22.3 Å². The molecule has 0 atom stereocenters. The van der Waals surface area contributed by atoms with E-state index in [1.807, 2.05) is 13.8 Å². The minimum atomic E-state index is -0.852. The number of hydrogen-bond acceptors (Lipinski definition) is 6. The smallest absolute Gasteiger partial charge is 0.266 e. The maximum absolute atomic E-state index is 14.5. The average Bonchev–Trinajstić information content (AvgIpc) is 3.14. The summed E-state index contributed by atoms with van der Waals surface area (Å²) in [5.74, 6) is 0.0550. The lowest BCUT2D eigenvalue weighted by Crippen LogP contribution is -2.22. The summed E-state index contributed by atoms with van der Waals surface area (Å²) in [5.41, 5.74) is -0.0321. The summed E-state index contributed by atoms with van der Waals surface area (Å²) in [5, 5.41) is 4.54. The van der Waals surface area contributed by atoms with Crippen molar-refractivity contribution in [1.82, 2.24) is 19.7 Å². The lowest BCUT2D eigenvalue weighted by molar-refractivity contribution is 0.360. The number of benzene rings is 2. The van der Waals surface area contributed by atoms with Gasteiger partial charge in [0.15, 0.2) is 11.0 Å². The molecule has 9 heteroatoms. The number of rotatable bonds is 6. The number of aromatic nitrogens is 4. The summed E-state index contributed by atoms with van der Waals surface area (Å²) >= 11 is 1.18. The summed E-state index contributed by atoms with van der Waals surface area (Å²) in [6.45, 7) is 4.10. The van der Waals surface area contributed by atoms with E-state index >= 15 is 0 Å². The van der Waals surface area contributed by atoms with Gasteiger partial charge in [0.2, 0.25) is 5.89 Å². The number of nitrogens with zero attached hydrogens (tertiary/aromatic N) is 4. The molecule has 0 radical (unpaired) electrons. The fourth-order valence-corrected chi connectivity index (χ4v) is 3.84. The van der Waals surface area contributed by atoms with Crippen LogP contribution in [0.2, 0.25) is 0 Å². The van der Waals surface area contributed by atoms with E-state index in [2.05, 4.69) is 15.1 Å². The third-order valence-electron chi connectivity index (χ3n) is 4.32. The Hall–Kier alpha value is -3.07. The summed E-state index contributed by atoms with van der Waals surface area (Å²) in [7, 11) is 0. The van der Waals surface area contributed by atoms with E-state index in [1.165, 1.54) is 17.8 Å². The van der Waals surface area contributed by atoms with Crippen molar-refractivity contribution < 1.29 is 13.3 Å². The van der Waals surface area contributed by atoms with E-state index in [1.54, 1.807) is 24.3 Å².